The van der Waals surface area contributed by atoms with Crippen LogP contribution in [0.1, 0.15) is 26.2 Å². The summed E-state index contributed by atoms with van der Waals surface area (Å²) in [6.07, 6.45) is 1.66. The van der Waals surface area contributed by atoms with Gasteiger partial charge in [-0.2, -0.15) is 0 Å². The summed E-state index contributed by atoms with van der Waals surface area (Å²) in [7, 11) is -1.31. The number of piperidine rings is 1. The Bertz CT molecular complexity index is 308. The molecule has 0 spiro atoms. The molecule has 0 amide bonds. The first-order valence-electron chi connectivity index (χ1n) is 5.78. The van der Waals surface area contributed by atoms with Gasteiger partial charge in [0.25, 0.3) is 0 Å². The van der Waals surface area contributed by atoms with Crippen molar-refractivity contribution >= 4 is 10.0 Å². The van der Waals surface area contributed by atoms with Crippen LogP contribution >= 0.6 is 0 Å². The first-order chi connectivity index (χ1) is 7.43. The molecule has 1 heterocycles. The largest absolute Gasteiger partial charge is 0.388 e. The predicted octanol–water partition coefficient (Wildman–Crippen LogP) is -0.227. The second-order valence-electron chi connectivity index (χ2n) is 4.47. The van der Waals surface area contributed by atoms with Gasteiger partial charge in [0.2, 0.25) is 10.0 Å². The van der Waals surface area contributed by atoms with Crippen LogP contribution in [-0.4, -0.2) is 55.9 Å². The molecule has 0 bridgehead atoms. The number of hydrogen-bond acceptors (Lipinski definition) is 4. The van der Waals surface area contributed by atoms with Crippen LogP contribution in [-0.2, 0) is 10.0 Å². The second-order valence-corrected chi connectivity index (χ2v) is 6.56. The van der Waals surface area contributed by atoms with E-state index in [0.29, 0.717) is 38.9 Å². The van der Waals surface area contributed by atoms with Crippen molar-refractivity contribution in [2.75, 3.05) is 32.4 Å². The van der Waals surface area contributed by atoms with E-state index in [0.717, 1.165) is 0 Å². The van der Waals surface area contributed by atoms with Gasteiger partial charge in [0.15, 0.2) is 0 Å². The molecule has 0 aromatic heterocycles. The van der Waals surface area contributed by atoms with Gasteiger partial charge >= 0.3 is 0 Å². The SMILES string of the molecule is CCCS(=O)(=O)N1CCC(O)(CNC)CC1. The van der Waals surface area contributed by atoms with Gasteiger partial charge in [-0.3, -0.25) is 0 Å². The molecule has 2 N–H and O–H groups in total. The molecular formula is C10H22N2O3S. The first kappa shape index (κ1) is 13.9. The van der Waals surface area contributed by atoms with Crippen molar-refractivity contribution in [2.24, 2.45) is 0 Å². The van der Waals surface area contributed by atoms with Gasteiger partial charge in [0.05, 0.1) is 11.4 Å². The van der Waals surface area contributed by atoms with Crippen molar-refractivity contribution in [1.82, 2.24) is 9.62 Å². The van der Waals surface area contributed by atoms with Crippen LogP contribution in [0.2, 0.25) is 0 Å². The fraction of sp³-hybridized carbons (Fsp3) is 1.00. The highest BCUT2D eigenvalue weighted by Crippen LogP contribution is 2.23. The standard InChI is InChI=1S/C10H22N2O3S/c1-3-8-16(14,15)12-6-4-10(13,5-7-12)9-11-2/h11,13H,3-9H2,1-2H3. The molecule has 96 valence electrons. The third-order valence-corrected chi connectivity index (χ3v) is 5.09. The Morgan fingerprint density at radius 1 is 1.38 bits per heavy atom. The van der Waals surface area contributed by atoms with Gasteiger partial charge in [-0.15, -0.1) is 0 Å². The number of hydrogen-bond donors (Lipinski definition) is 2. The first-order valence-corrected chi connectivity index (χ1v) is 7.39. The Balaban J connectivity index is 2.55. The number of likely N-dealkylation sites (N-methyl/N-ethyl adjacent to an activating group) is 1. The highest BCUT2D eigenvalue weighted by molar-refractivity contribution is 7.89. The van der Waals surface area contributed by atoms with E-state index in [4.69, 9.17) is 0 Å². The highest BCUT2D eigenvalue weighted by Gasteiger charge is 2.35. The molecule has 1 aliphatic heterocycles. The van der Waals surface area contributed by atoms with E-state index >= 15 is 0 Å². The Morgan fingerprint density at radius 3 is 2.38 bits per heavy atom. The van der Waals surface area contributed by atoms with E-state index in [1.54, 1.807) is 7.05 Å². The van der Waals surface area contributed by atoms with Crippen molar-refractivity contribution < 1.29 is 13.5 Å². The topological polar surface area (TPSA) is 69.6 Å². The minimum atomic E-state index is -3.10. The predicted molar refractivity (Wildman–Crippen MR) is 63.8 cm³/mol. The van der Waals surface area contributed by atoms with Crippen LogP contribution in [0.25, 0.3) is 0 Å². The van der Waals surface area contributed by atoms with Gasteiger partial charge in [-0.1, -0.05) is 6.92 Å². The molecule has 0 radical (unpaired) electrons. The molecule has 1 saturated heterocycles. The van der Waals surface area contributed by atoms with Crippen LogP contribution in [0.5, 0.6) is 0 Å². The van der Waals surface area contributed by atoms with Gasteiger partial charge in [0, 0.05) is 19.6 Å². The van der Waals surface area contributed by atoms with E-state index in [9.17, 15) is 13.5 Å². The summed E-state index contributed by atoms with van der Waals surface area (Å²) in [6.45, 7) is 3.24. The molecule has 5 nitrogen and oxygen atoms in total. The fourth-order valence-corrected chi connectivity index (χ4v) is 3.59. The quantitative estimate of drug-likeness (QED) is 0.707. The smallest absolute Gasteiger partial charge is 0.214 e. The summed E-state index contributed by atoms with van der Waals surface area (Å²) < 4.78 is 25.1. The Hall–Kier alpha value is -0.170. The van der Waals surface area contributed by atoms with Crippen LogP contribution in [0, 0.1) is 0 Å². The maximum absolute atomic E-state index is 11.8. The van der Waals surface area contributed by atoms with E-state index in [2.05, 4.69) is 5.32 Å². The van der Waals surface area contributed by atoms with Gasteiger partial charge in [-0.25, -0.2) is 12.7 Å². The zero-order chi connectivity index (χ0) is 12.2. The number of rotatable bonds is 5. The maximum Gasteiger partial charge on any atom is 0.214 e. The lowest BCUT2D eigenvalue weighted by Crippen LogP contribution is -2.51. The summed E-state index contributed by atoms with van der Waals surface area (Å²) in [5, 5.41) is 13.0. The number of aliphatic hydroxyl groups is 1. The molecule has 1 aliphatic rings. The van der Waals surface area contributed by atoms with Crippen molar-refractivity contribution in [3.05, 3.63) is 0 Å². The summed E-state index contributed by atoms with van der Waals surface area (Å²) >= 11 is 0. The van der Waals surface area contributed by atoms with Crippen LogP contribution in [0.4, 0.5) is 0 Å². The normalized spacial score (nSPS) is 22.2. The maximum atomic E-state index is 11.8. The van der Waals surface area contributed by atoms with Gasteiger partial charge in [0.1, 0.15) is 0 Å². The van der Waals surface area contributed by atoms with Crippen molar-refractivity contribution in [1.29, 1.82) is 0 Å². The van der Waals surface area contributed by atoms with E-state index in [-0.39, 0.29) is 5.75 Å². The third kappa shape index (κ3) is 3.41. The lowest BCUT2D eigenvalue weighted by atomic mass is 9.92. The van der Waals surface area contributed by atoms with Crippen LogP contribution in [0.3, 0.4) is 0 Å². The van der Waals surface area contributed by atoms with Gasteiger partial charge < -0.3 is 10.4 Å². The monoisotopic (exact) mass is 250 g/mol. The molecule has 0 atom stereocenters. The molecule has 1 fully saturated rings. The third-order valence-electron chi connectivity index (χ3n) is 3.01. The second kappa shape index (κ2) is 5.44. The molecule has 1 rings (SSSR count). The van der Waals surface area contributed by atoms with Crippen LogP contribution in [0.15, 0.2) is 0 Å². The number of nitrogens with one attached hydrogen (secondary N) is 1. The van der Waals surface area contributed by atoms with Crippen LogP contribution < -0.4 is 5.32 Å². The summed E-state index contributed by atoms with van der Waals surface area (Å²) in [4.78, 5) is 0. The molecular weight excluding hydrogens is 228 g/mol. The molecule has 0 aliphatic carbocycles. The lowest BCUT2D eigenvalue weighted by molar-refractivity contribution is -0.00232. The van der Waals surface area contributed by atoms with E-state index in [1.807, 2.05) is 6.92 Å². The Morgan fingerprint density at radius 2 is 1.94 bits per heavy atom. The zero-order valence-corrected chi connectivity index (χ0v) is 10.9. The van der Waals surface area contributed by atoms with E-state index < -0.39 is 15.6 Å². The fourth-order valence-electron chi connectivity index (χ4n) is 2.07. The van der Waals surface area contributed by atoms with Gasteiger partial charge in [-0.05, 0) is 26.3 Å². The average molecular weight is 250 g/mol. The van der Waals surface area contributed by atoms with E-state index in [1.165, 1.54) is 4.31 Å². The highest BCUT2D eigenvalue weighted by atomic mass is 32.2. The number of sulfonamides is 1. The number of nitrogens with zero attached hydrogens (tertiary/aromatic N) is 1. The molecule has 0 unspecified atom stereocenters. The summed E-state index contributed by atoms with van der Waals surface area (Å²) in [6, 6.07) is 0. The van der Waals surface area contributed by atoms with Crippen molar-refractivity contribution in [3.63, 3.8) is 0 Å². The Kier molecular flexibility index (Phi) is 4.73. The zero-order valence-electron chi connectivity index (χ0n) is 10.1. The Labute approximate surface area is 97.9 Å². The minimum absolute atomic E-state index is 0.206. The molecule has 0 aromatic rings. The summed E-state index contributed by atoms with van der Waals surface area (Å²) in [5.41, 5.74) is -0.743. The average Bonchev–Trinajstić information content (AvgIpc) is 2.18. The lowest BCUT2D eigenvalue weighted by Gasteiger charge is -2.37. The molecule has 6 heteroatoms. The minimum Gasteiger partial charge on any atom is -0.388 e. The summed E-state index contributed by atoms with van der Waals surface area (Å²) in [5.74, 6) is 0.206. The van der Waals surface area contributed by atoms with Crippen molar-refractivity contribution in [2.45, 2.75) is 31.8 Å². The molecule has 16 heavy (non-hydrogen) atoms. The molecule has 0 saturated carbocycles. The van der Waals surface area contributed by atoms with Crippen molar-refractivity contribution in [3.8, 4) is 0 Å². The molecule has 0 aromatic carbocycles.